The van der Waals surface area contributed by atoms with Gasteiger partial charge >= 0.3 is 0 Å². The predicted molar refractivity (Wildman–Crippen MR) is 100 cm³/mol. The molecule has 3 rings (SSSR count). The van der Waals surface area contributed by atoms with Crippen molar-refractivity contribution in [2.24, 2.45) is 0 Å². The summed E-state index contributed by atoms with van der Waals surface area (Å²) in [4.78, 5) is 12.1. The number of rotatable bonds is 5. The van der Waals surface area contributed by atoms with Gasteiger partial charge < -0.3 is 9.73 Å². The standard InChI is InChI=1S/C18H16ClN3O2S/c1-11-5-3-4-6-14(11)17-21-22-18(24-17)25-10-16(23)20-15-8-7-13(19)9-12(15)2/h3-9H,10H2,1-2H3,(H,20,23). The molecule has 5 nitrogen and oxygen atoms in total. The van der Waals surface area contributed by atoms with E-state index < -0.39 is 0 Å². The molecule has 0 fully saturated rings. The predicted octanol–water partition coefficient (Wildman–Crippen LogP) is 4.74. The zero-order valence-electron chi connectivity index (χ0n) is 13.7. The first kappa shape index (κ1) is 17.5. The van der Waals surface area contributed by atoms with E-state index in [2.05, 4.69) is 15.5 Å². The summed E-state index contributed by atoms with van der Waals surface area (Å²) in [7, 11) is 0. The maximum absolute atomic E-state index is 12.1. The number of nitrogens with zero attached hydrogens (tertiary/aromatic N) is 2. The first-order valence-corrected chi connectivity index (χ1v) is 8.97. The van der Waals surface area contributed by atoms with Crippen LogP contribution in [-0.4, -0.2) is 21.9 Å². The second kappa shape index (κ2) is 7.72. The number of nitrogens with one attached hydrogen (secondary N) is 1. The summed E-state index contributed by atoms with van der Waals surface area (Å²) in [5.74, 6) is 0.484. The van der Waals surface area contributed by atoms with Crippen LogP contribution in [0.4, 0.5) is 5.69 Å². The zero-order chi connectivity index (χ0) is 17.8. The SMILES string of the molecule is Cc1cc(Cl)ccc1NC(=O)CSc1nnc(-c2ccccc2C)o1. The van der Waals surface area contributed by atoms with Crippen LogP contribution in [0.2, 0.25) is 5.02 Å². The van der Waals surface area contributed by atoms with E-state index in [9.17, 15) is 4.79 Å². The number of aryl methyl sites for hydroxylation is 2. The Morgan fingerprint density at radius 2 is 1.96 bits per heavy atom. The fourth-order valence-electron chi connectivity index (χ4n) is 2.27. The first-order chi connectivity index (χ1) is 12.0. The van der Waals surface area contributed by atoms with Crippen molar-refractivity contribution in [2.45, 2.75) is 19.1 Å². The molecule has 1 aromatic heterocycles. The van der Waals surface area contributed by atoms with Crippen molar-refractivity contribution < 1.29 is 9.21 Å². The Hall–Kier alpha value is -2.31. The maximum Gasteiger partial charge on any atom is 0.277 e. The normalized spacial score (nSPS) is 10.7. The van der Waals surface area contributed by atoms with Gasteiger partial charge in [-0.15, -0.1) is 10.2 Å². The van der Waals surface area contributed by atoms with E-state index in [0.717, 1.165) is 22.4 Å². The van der Waals surface area contributed by atoms with Gasteiger partial charge in [-0.3, -0.25) is 4.79 Å². The van der Waals surface area contributed by atoms with Crippen molar-refractivity contribution in [3.05, 3.63) is 58.6 Å². The Bertz CT molecular complexity index is 911. The van der Waals surface area contributed by atoms with Crippen LogP contribution < -0.4 is 5.32 Å². The molecule has 0 aliphatic rings. The van der Waals surface area contributed by atoms with Crippen LogP contribution in [-0.2, 0) is 4.79 Å². The number of amides is 1. The Kier molecular flexibility index (Phi) is 5.40. The van der Waals surface area contributed by atoms with Crippen molar-refractivity contribution in [1.29, 1.82) is 0 Å². The Morgan fingerprint density at radius 3 is 2.72 bits per heavy atom. The summed E-state index contributed by atoms with van der Waals surface area (Å²) in [6.07, 6.45) is 0. The molecular formula is C18H16ClN3O2S. The van der Waals surface area contributed by atoms with E-state index in [-0.39, 0.29) is 11.7 Å². The van der Waals surface area contributed by atoms with E-state index in [1.54, 1.807) is 18.2 Å². The average molecular weight is 374 g/mol. The molecule has 0 radical (unpaired) electrons. The number of carbonyl (C=O) groups is 1. The molecule has 0 saturated carbocycles. The van der Waals surface area contributed by atoms with Crippen LogP contribution in [0.3, 0.4) is 0 Å². The summed E-state index contributed by atoms with van der Waals surface area (Å²) in [5.41, 5.74) is 3.59. The van der Waals surface area contributed by atoms with Gasteiger partial charge in [-0.2, -0.15) is 0 Å². The molecule has 2 aromatic carbocycles. The molecular weight excluding hydrogens is 358 g/mol. The third-order valence-corrected chi connectivity index (χ3v) is 4.62. The highest BCUT2D eigenvalue weighted by Gasteiger charge is 2.13. The molecule has 128 valence electrons. The van der Waals surface area contributed by atoms with Crippen molar-refractivity contribution in [3.63, 3.8) is 0 Å². The van der Waals surface area contributed by atoms with E-state index in [0.29, 0.717) is 16.1 Å². The maximum atomic E-state index is 12.1. The minimum atomic E-state index is -0.147. The van der Waals surface area contributed by atoms with Gasteiger partial charge in [-0.1, -0.05) is 41.6 Å². The number of hydrogen-bond acceptors (Lipinski definition) is 5. The topological polar surface area (TPSA) is 68.0 Å². The van der Waals surface area contributed by atoms with Gasteiger partial charge in [0.05, 0.1) is 5.75 Å². The molecule has 0 saturated heterocycles. The molecule has 0 aliphatic carbocycles. The van der Waals surface area contributed by atoms with Crippen molar-refractivity contribution in [1.82, 2.24) is 10.2 Å². The number of carbonyl (C=O) groups excluding carboxylic acids is 1. The van der Waals surface area contributed by atoms with Crippen molar-refractivity contribution in [2.75, 3.05) is 11.1 Å². The smallest absolute Gasteiger partial charge is 0.277 e. The molecule has 1 N–H and O–H groups in total. The molecule has 1 heterocycles. The summed E-state index contributed by atoms with van der Waals surface area (Å²) in [6.45, 7) is 3.87. The molecule has 0 atom stereocenters. The quantitative estimate of drug-likeness (QED) is 0.654. The summed E-state index contributed by atoms with van der Waals surface area (Å²) >= 11 is 7.11. The van der Waals surface area contributed by atoms with Crippen LogP contribution in [0, 0.1) is 13.8 Å². The van der Waals surface area contributed by atoms with Crippen LogP contribution in [0.5, 0.6) is 0 Å². The lowest BCUT2D eigenvalue weighted by atomic mass is 10.1. The van der Waals surface area contributed by atoms with Gasteiger partial charge in [0, 0.05) is 16.3 Å². The lowest BCUT2D eigenvalue weighted by Crippen LogP contribution is -2.14. The van der Waals surface area contributed by atoms with Crippen LogP contribution in [0.25, 0.3) is 11.5 Å². The molecule has 0 spiro atoms. The van der Waals surface area contributed by atoms with Gasteiger partial charge in [-0.25, -0.2) is 0 Å². The minimum Gasteiger partial charge on any atom is -0.411 e. The highest BCUT2D eigenvalue weighted by Crippen LogP contribution is 2.26. The van der Waals surface area contributed by atoms with Gasteiger partial charge in [0.2, 0.25) is 11.8 Å². The van der Waals surface area contributed by atoms with Gasteiger partial charge in [0.15, 0.2) is 0 Å². The van der Waals surface area contributed by atoms with E-state index in [1.807, 2.05) is 38.1 Å². The number of thioether (sulfide) groups is 1. The van der Waals surface area contributed by atoms with Crippen LogP contribution in [0.1, 0.15) is 11.1 Å². The monoisotopic (exact) mass is 373 g/mol. The third kappa shape index (κ3) is 4.41. The molecule has 1 amide bonds. The highest BCUT2D eigenvalue weighted by molar-refractivity contribution is 7.99. The number of hydrogen-bond donors (Lipinski definition) is 1. The second-order valence-corrected chi connectivity index (χ2v) is 6.85. The molecule has 0 aliphatic heterocycles. The molecule has 0 bridgehead atoms. The lowest BCUT2D eigenvalue weighted by Gasteiger charge is -2.07. The lowest BCUT2D eigenvalue weighted by molar-refractivity contribution is -0.113. The summed E-state index contributed by atoms with van der Waals surface area (Å²) < 4.78 is 5.63. The Morgan fingerprint density at radius 1 is 1.16 bits per heavy atom. The highest BCUT2D eigenvalue weighted by atomic mass is 35.5. The molecule has 7 heteroatoms. The van der Waals surface area contributed by atoms with Gasteiger partial charge in [-0.05, 0) is 49.2 Å². The number of anilines is 1. The fraction of sp³-hybridized carbons (Fsp3) is 0.167. The summed E-state index contributed by atoms with van der Waals surface area (Å²) in [5, 5.41) is 11.9. The Balaban J connectivity index is 1.60. The van der Waals surface area contributed by atoms with E-state index >= 15 is 0 Å². The van der Waals surface area contributed by atoms with Crippen LogP contribution >= 0.6 is 23.4 Å². The van der Waals surface area contributed by atoms with Gasteiger partial charge in [0.1, 0.15) is 0 Å². The third-order valence-electron chi connectivity index (χ3n) is 3.57. The molecule has 0 unspecified atom stereocenters. The largest absolute Gasteiger partial charge is 0.411 e. The number of aromatic nitrogens is 2. The van der Waals surface area contributed by atoms with E-state index in [1.165, 1.54) is 11.8 Å². The molecule has 25 heavy (non-hydrogen) atoms. The van der Waals surface area contributed by atoms with Crippen molar-refractivity contribution in [3.8, 4) is 11.5 Å². The van der Waals surface area contributed by atoms with Crippen molar-refractivity contribution >= 4 is 35.0 Å². The minimum absolute atomic E-state index is 0.147. The second-order valence-electron chi connectivity index (χ2n) is 5.48. The fourth-order valence-corrected chi connectivity index (χ4v) is 3.06. The van der Waals surface area contributed by atoms with Gasteiger partial charge in [0.25, 0.3) is 5.22 Å². The average Bonchev–Trinajstić information content (AvgIpc) is 3.05. The first-order valence-electron chi connectivity index (χ1n) is 7.61. The summed E-state index contributed by atoms with van der Waals surface area (Å²) in [6, 6.07) is 13.1. The number of halogens is 1. The van der Waals surface area contributed by atoms with Crippen LogP contribution in [0.15, 0.2) is 52.1 Å². The molecule has 3 aromatic rings. The van der Waals surface area contributed by atoms with E-state index in [4.69, 9.17) is 16.0 Å². The zero-order valence-corrected chi connectivity index (χ0v) is 15.3. The number of benzene rings is 2. The Labute approximate surface area is 154 Å².